The van der Waals surface area contributed by atoms with Crippen molar-refractivity contribution in [3.63, 3.8) is 0 Å². The van der Waals surface area contributed by atoms with Crippen LogP contribution in [0, 0.1) is 5.92 Å². The van der Waals surface area contributed by atoms with Gasteiger partial charge in [0, 0.05) is 5.69 Å². The molecule has 0 aliphatic heterocycles. The third-order valence-corrected chi connectivity index (χ3v) is 4.30. The molecule has 114 valence electrons. The Morgan fingerprint density at radius 1 is 1.43 bits per heavy atom. The van der Waals surface area contributed by atoms with Gasteiger partial charge in [-0.1, -0.05) is 31.4 Å². The molecule has 1 aliphatic rings. The summed E-state index contributed by atoms with van der Waals surface area (Å²) in [5.74, 6) is -0.433. The molecular formula is C15H20ClN3O2. The van der Waals surface area contributed by atoms with Crippen LogP contribution in [-0.2, 0) is 4.79 Å². The molecular weight excluding hydrogens is 290 g/mol. The minimum atomic E-state index is -0.857. The largest absolute Gasteiger partial charge is 0.366 e. The van der Waals surface area contributed by atoms with Gasteiger partial charge in [0.05, 0.1) is 16.1 Å². The lowest BCUT2D eigenvalue weighted by Crippen LogP contribution is -2.53. The van der Waals surface area contributed by atoms with E-state index in [9.17, 15) is 9.59 Å². The smallest absolute Gasteiger partial charge is 0.250 e. The number of hydrogen-bond acceptors (Lipinski definition) is 3. The summed E-state index contributed by atoms with van der Waals surface area (Å²) in [4.78, 5) is 23.7. The zero-order valence-corrected chi connectivity index (χ0v) is 12.7. The Kier molecular flexibility index (Phi) is 4.54. The van der Waals surface area contributed by atoms with Crippen molar-refractivity contribution in [2.45, 2.75) is 38.1 Å². The standard InChI is InChI=1S/C15H20ClN3O2/c1-9-3-2-6-15(18,8-9)14(21)19-10-4-5-12(16)11(7-10)13(17)20/h4-5,7,9H,2-3,6,8,18H2,1H3,(H2,17,20)(H,19,21). The maximum Gasteiger partial charge on any atom is 0.250 e. The molecule has 1 aromatic rings. The molecule has 21 heavy (non-hydrogen) atoms. The Balaban J connectivity index is 2.16. The lowest BCUT2D eigenvalue weighted by atomic mass is 9.76. The van der Waals surface area contributed by atoms with Gasteiger partial charge in [-0.15, -0.1) is 0 Å². The van der Waals surface area contributed by atoms with E-state index < -0.39 is 11.4 Å². The molecule has 1 fully saturated rings. The van der Waals surface area contributed by atoms with Crippen LogP contribution in [0.3, 0.4) is 0 Å². The first-order valence-electron chi connectivity index (χ1n) is 7.01. The van der Waals surface area contributed by atoms with Gasteiger partial charge in [-0.25, -0.2) is 0 Å². The van der Waals surface area contributed by atoms with Crippen LogP contribution in [0.1, 0.15) is 43.0 Å². The zero-order valence-electron chi connectivity index (χ0n) is 12.0. The van der Waals surface area contributed by atoms with E-state index >= 15 is 0 Å². The van der Waals surface area contributed by atoms with Crippen molar-refractivity contribution >= 4 is 29.1 Å². The summed E-state index contributed by atoms with van der Waals surface area (Å²) in [5, 5.41) is 3.02. The average Bonchev–Trinajstić information content (AvgIpc) is 2.40. The second kappa shape index (κ2) is 6.03. The molecule has 5 nitrogen and oxygen atoms in total. The number of benzene rings is 1. The van der Waals surface area contributed by atoms with Crippen molar-refractivity contribution in [3.8, 4) is 0 Å². The van der Waals surface area contributed by atoms with Crippen LogP contribution in [-0.4, -0.2) is 17.4 Å². The highest BCUT2D eigenvalue weighted by atomic mass is 35.5. The number of amides is 2. The minimum Gasteiger partial charge on any atom is -0.366 e. The summed E-state index contributed by atoms with van der Waals surface area (Å²) >= 11 is 5.88. The second-order valence-electron chi connectivity index (χ2n) is 5.87. The van der Waals surface area contributed by atoms with Gasteiger partial charge in [0.2, 0.25) is 11.8 Å². The van der Waals surface area contributed by atoms with E-state index in [1.165, 1.54) is 12.1 Å². The van der Waals surface area contributed by atoms with E-state index in [4.69, 9.17) is 23.1 Å². The summed E-state index contributed by atoms with van der Waals surface area (Å²) in [7, 11) is 0. The van der Waals surface area contributed by atoms with E-state index in [1.54, 1.807) is 6.07 Å². The second-order valence-corrected chi connectivity index (χ2v) is 6.28. The van der Waals surface area contributed by atoms with Crippen LogP contribution >= 0.6 is 11.6 Å². The normalized spacial score (nSPS) is 25.4. The van der Waals surface area contributed by atoms with Gasteiger partial charge in [-0.05, 0) is 37.0 Å². The fourth-order valence-electron chi connectivity index (χ4n) is 2.85. The molecule has 1 saturated carbocycles. The number of carbonyl (C=O) groups excluding carboxylic acids is 2. The van der Waals surface area contributed by atoms with Crippen molar-refractivity contribution in [2.75, 3.05) is 5.32 Å². The Morgan fingerprint density at radius 2 is 2.14 bits per heavy atom. The van der Waals surface area contributed by atoms with E-state index in [0.717, 1.165) is 12.8 Å². The molecule has 2 amide bonds. The van der Waals surface area contributed by atoms with Crippen molar-refractivity contribution in [1.29, 1.82) is 0 Å². The van der Waals surface area contributed by atoms with E-state index in [0.29, 0.717) is 24.4 Å². The Morgan fingerprint density at radius 3 is 2.76 bits per heavy atom. The van der Waals surface area contributed by atoms with Crippen molar-refractivity contribution in [2.24, 2.45) is 17.4 Å². The molecule has 2 atom stereocenters. The highest BCUT2D eigenvalue weighted by molar-refractivity contribution is 6.34. The SMILES string of the molecule is CC1CCCC(N)(C(=O)Nc2ccc(Cl)c(C(N)=O)c2)C1. The lowest BCUT2D eigenvalue weighted by Gasteiger charge is -2.35. The topological polar surface area (TPSA) is 98.2 Å². The van der Waals surface area contributed by atoms with E-state index in [-0.39, 0.29) is 16.5 Å². The van der Waals surface area contributed by atoms with E-state index in [2.05, 4.69) is 12.2 Å². The van der Waals surface area contributed by atoms with Gasteiger partial charge in [-0.2, -0.15) is 0 Å². The third-order valence-electron chi connectivity index (χ3n) is 3.97. The number of carbonyl (C=O) groups is 2. The lowest BCUT2D eigenvalue weighted by molar-refractivity contribution is -0.122. The molecule has 2 unspecified atom stereocenters. The zero-order chi connectivity index (χ0) is 15.6. The molecule has 5 N–H and O–H groups in total. The predicted molar refractivity (Wildman–Crippen MR) is 83.2 cm³/mol. The molecule has 0 spiro atoms. The quantitative estimate of drug-likeness (QED) is 0.799. The summed E-state index contributed by atoms with van der Waals surface area (Å²) in [6.07, 6.45) is 3.37. The van der Waals surface area contributed by atoms with Crippen molar-refractivity contribution < 1.29 is 9.59 Å². The summed E-state index contributed by atoms with van der Waals surface area (Å²) in [6, 6.07) is 4.63. The fraction of sp³-hybridized carbons (Fsp3) is 0.467. The number of hydrogen-bond donors (Lipinski definition) is 3. The number of rotatable bonds is 3. The third kappa shape index (κ3) is 3.54. The first kappa shape index (κ1) is 15.8. The summed E-state index contributed by atoms with van der Waals surface area (Å²) in [5.41, 5.74) is 11.3. The molecule has 1 aliphatic carbocycles. The fourth-order valence-corrected chi connectivity index (χ4v) is 3.06. The molecule has 0 saturated heterocycles. The number of nitrogens with one attached hydrogen (secondary N) is 1. The molecule has 6 heteroatoms. The van der Waals surface area contributed by atoms with E-state index in [1.807, 2.05) is 0 Å². The van der Waals surface area contributed by atoms with Crippen LogP contribution in [0.15, 0.2) is 18.2 Å². The first-order chi connectivity index (χ1) is 9.82. The van der Waals surface area contributed by atoms with Crippen LogP contribution in [0.4, 0.5) is 5.69 Å². The number of halogens is 1. The Labute approximate surface area is 129 Å². The minimum absolute atomic E-state index is 0.178. The van der Waals surface area contributed by atoms with Gasteiger partial charge >= 0.3 is 0 Å². The van der Waals surface area contributed by atoms with Gasteiger partial charge in [-0.3, -0.25) is 9.59 Å². The monoisotopic (exact) mass is 309 g/mol. The van der Waals surface area contributed by atoms with Crippen LogP contribution in [0.25, 0.3) is 0 Å². The van der Waals surface area contributed by atoms with Gasteiger partial charge in [0.15, 0.2) is 0 Å². The molecule has 0 radical (unpaired) electrons. The maximum absolute atomic E-state index is 12.4. The first-order valence-corrected chi connectivity index (χ1v) is 7.39. The predicted octanol–water partition coefficient (Wildman–Crippen LogP) is 2.29. The summed E-state index contributed by atoms with van der Waals surface area (Å²) in [6.45, 7) is 2.10. The molecule has 2 rings (SSSR count). The van der Waals surface area contributed by atoms with Gasteiger partial charge in [0.1, 0.15) is 0 Å². The summed E-state index contributed by atoms with van der Waals surface area (Å²) < 4.78 is 0. The van der Waals surface area contributed by atoms with Crippen molar-refractivity contribution in [3.05, 3.63) is 28.8 Å². The molecule has 0 heterocycles. The maximum atomic E-state index is 12.4. The Hall–Kier alpha value is -1.59. The van der Waals surface area contributed by atoms with Gasteiger partial charge < -0.3 is 16.8 Å². The number of anilines is 1. The molecule has 0 aromatic heterocycles. The molecule has 0 bridgehead atoms. The number of primary amides is 1. The van der Waals surface area contributed by atoms with Crippen LogP contribution in [0.2, 0.25) is 5.02 Å². The highest BCUT2D eigenvalue weighted by Gasteiger charge is 2.37. The van der Waals surface area contributed by atoms with Crippen LogP contribution < -0.4 is 16.8 Å². The molecule has 1 aromatic carbocycles. The highest BCUT2D eigenvalue weighted by Crippen LogP contribution is 2.31. The number of nitrogens with two attached hydrogens (primary N) is 2. The van der Waals surface area contributed by atoms with Crippen LogP contribution in [0.5, 0.6) is 0 Å². The average molecular weight is 310 g/mol. The van der Waals surface area contributed by atoms with Gasteiger partial charge in [0.25, 0.3) is 0 Å². The Bertz CT molecular complexity index is 576. The van der Waals surface area contributed by atoms with Crippen molar-refractivity contribution in [1.82, 2.24) is 0 Å².